The first-order valence-electron chi connectivity index (χ1n) is 6.57. The minimum absolute atomic E-state index is 0.916. The highest BCUT2D eigenvalue weighted by atomic mass is 32.2. The molecule has 3 heterocycles. The molecule has 0 saturated carbocycles. The SMILES string of the molecule is C=C(C)c1c2n3c(cnc3c3ccccc13)SCC2=C. The highest BCUT2D eigenvalue weighted by Gasteiger charge is 2.23. The molecule has 4 rings (SSSR count). The normalized spacial score (nSPS) is 14.2. The maximum absolute atomic E-state index is 4.62. The fourth-order valence-corrected chi connectivity index (χ4v) is 3.87. The monoisotopic (exact) mass is 278 g/mol. The third-order valence-electron chi connectivity index (χ3n) is 3.78. The standard InChI is InChI=1S/C17H14N2S/c1-10(2)15-12-6-4-5-7-13(12)17-18-8-14-19(17)16(15)11(3)9-20-14/h4-8H,1,3,9H2,2H3. The van der Waals surface area contributed by atoms with E-state index in [1.807, 2.05) is 6.20 Å². The second-order valence-electron chi connectivity index (χ2n) is 5.20. The van der Waals surface area contributed by atoms with Crippen LogP contribution in [0, 0.1) is 0 Å². The van der Waals surface area contributed by atoms with E-state index in [9.17, 15) is 0 Å². The predicted molar refractivity (Wildman–Crippen MR) is 87.2 cm³/mol. The van der Waals surface area contributed by atoms with Crippen LogP contribution in [-0.2, 0) is 0 Å². The zero-order valence-electron chi connectivity index (χ0n) is 11.3. The van der Waals surface area contributed by atoms with Crippen molar-refractivity contribution in [3.63, 3.8) is 0 Å². The van der Waals surface area contributed by atoms with Gasteiger partial charge >= 0.3 is 0 Å². The number of pyridine rings is 1. The average molecular weight is 278 g/mol. The van der Waals surface area contributed by atoms with Gasteiger partial charge in [-0.2, -0.15) is 0 Å². The van der Waals surface area contributed by atoms with Gasteiger partial charge in [0.1, 0.15) is 10.7 Å². The smallest absolute Gasteiger partial charge is 0.146 e. The number of allylic oxidation sites excluding steroid dienone is 1. The van der Waals surface area contributed by atoms with Gasteiger partial charge in [-0.25, -0.2) is 4.98 Å². The first kappa shape index (κ1) is 11.8. The van der Waals surface area contributed by atoms with Crippen LogP contribution in [-0.4, -0.2) is 15.1 Å². The summed E-state index contributed by atoms with van der Waals surface area (Å²) in [5, 5.41) is 3.58. The first-order chi connectivity index (χ1) is 9.68. The van der Waals surface area contributed by atoms with Gasteiger partial charge in [-0.3, -0.25) is 4.40 Å². The maximum Gasteiger partial charge on any atom is 0.146 e. The van der Waals surface area contributed by atoms with E-state index in [0.29, 0.717) is 0 Å². The molecule has 0 saturated heterocycles. The van der Waals surface area contributed by atoms with Crippen LogP contribution < -0.4 is 0 Å². The molecule has 1 aliphatic heterocycles. The largest absolute Gasteiger partial charge is 0.286 e. The molecule has 3 heteroatoms. The van der Waals surface area contributed by atoms with Crippen LogP contribution in [0.15, 0.2) is 48.6 Å². The molecule has 0 aliphatic carbocycles. The van der Waals surface area contributed by atoms with Crippen LogP contribution >= 0.6 is 11.8 Å². The number of benzene rings is 1. The van der Waals surface area contributed by atoms with Crippen molar-refractivity contribution in [2.24, 2.45) is 0 Å². The molecule has 2 aromatic heterocycles. The van der Waals surface area contributed by atoms with Gasteiger partial charge in [-0.1, -0.05) is 37.4 Å². The van der Waals surface area contributed by atoms with Gasteiger partial charge in [-0.05, 0) is 23.5 Å². The minimum atomic E-state index is 0.916. The maximum atomic E-state index is 4.62. The molecule has 3 aromatic rings. The number of thioether (sulfide) groups is 1. The zero-order chi connectivity index (χ0) is 13.9. The summed E-state index contributed by atoms with van der Waals surface area (Å²) < 4.78 is 2.24. The fraction of sp³-hybridized carbons (Fsp3) is 0.118. The quantitative estimate of drug-likeness (QED) is 0.645. The fourth-order valence-electron chi connectivity index (χ4n) is 2.98. The highest BCUT2D eigenvalue weighted by Crippen LogP contribution is 2.40. The lowest BCUT2D eigenvalue weighted by atomic mass is 9.96. The van der Waals surface area contributed by atoms with Gasteiger partial charge in [0.05, 0.1) is 11.9 Å². The van der Waals surface area contributed by atoms with Crippen LogP contribution in [0.25, 0.3) is 27.6 Å². The second kappa shape index (κ2) is 4.00. The van der Waals surface area contributed by atoms with Gasteiger partial charge in [0.2, 0.25) is 0 Å². The lowest BCUT2D eigenvalue weighted by molar-refractivity contribution is 1.01. The number of fused-ring (bicyclic) bond motifs is 2. The highest BCUT2D eigenvalue weighted by molar-refractivity contribution is 7.99. The van der Waals surface area contributed by atoms with Crippen molar-refractivity contribution in [1.82, 2.24) is 9.38 Å². The van der Waals surface area contributed by atoms with Crippen molar-refractivity contribution in [3.05, 3.63) is 54.9 Å². The molecule has 98 valence electrons. The molecule has 2 nitrogen and oxygen atoms in total. The van der Waals surface area contributed by atoms with E-state index in [2.05, 4.69) is 53.7 Å². The van der Waals surface area contributed by atoms with Crippen LogP contribution in [0.5, 0.6) is 0 Å². The van der Waals surface area contributed by atoms with Crippen LogP contribution in [0.4, 0.5) is 0 Å². The second-order valence-corrected chi connectivity index (χ2v) is 6.19. The third kappa shape index (κ3) is 1.38. The molecule has 0 N–H and O–H groups in total. The summed E-state index contributed by atoms with van der Waals surface area (Å²) in [6.45, 7) is 10.5. The van der Waals surface area contributed by atoms with Crippen molar-refractivity contribution in [2.45, 2.75) is 11.9 Å². The molecule has 0 amide bonds. The van der Waals surface area contributed by atoms with E-state index < -0.39 is 0 Å². The molecule has 1 aromatic carbocycles. The Hall–Kier alpha value is -2.00. The van der Waals surface area contributed by atoms with E-state index in [1.54, 1.807) is 11.8 Å². The third-order valence-corrected chi connectivity index (χ3v) is 4.86. The Bertz CT molecular complexity index is 902. The van der Waals surface area contributed by atoms with E-state index in [0.717, 1.165) is 22.5 Å². The number of hydrogen-bond donors (Lipinski definition) is 0. The Kier molecular flexibility index (Phi) is 2.36. The molecule has 20 heavy (non-hydrogen) atoms. The number of hydrogen-bond acceptors (Lipinski definition) is 2. The molecule has 1 aliphatic rings. The summed E-state index contributed by atoms with van der Waals surface area (Å²) in [6, 6.07) is 8.42. The lowest BCUT2D eigenvalue weighted by Crippen LogP contribution is -2.08. The summed E-state index contributed by atoms with van der Waals surface area (Å²) in [4.78, 5) is 4.62. The number of aromatic nitrogens is 2. The number of imidazole rings is 1. The van der Waals surface area contributed by atoms with E-state index >= 15 is 0 Å². The summed E-state index contributed by atoms with van der Waals surface area (Å²) in [6.07, 6.45) is 1.96. The first-order valence-corrected chi connectivity index (χ1v) is 7.56. The van der Waals surface area contributed by atoms with E-state index in [4.69, 9.17) is 0 Å². The molecule has 0 atom stereocenters. The Morgan fingerprint density at radius 2 is 2.05 bits per heavy atom. The topological polar surface area (TPSA) is 17.3 Å². The molecular weight excluding hydrogens is 264 g/mol. The van der Waals surface area contributed by atoms with Gasteiger partial charge < -0.3 is 0 Å². The van der Waals surface area contributed by atoms with Crippen molar-refractivity contribution in [2.75, 3.05) is 5.75 Å². The van der Waals surface area contributed by atoms with Crippen LogP contribution in [0.3, 0.4) is 0 Å². The molecule has 0 fully saturated rings. The predicted octanol–water partition coefficient (Wildman–Crippen LogP) is 4.64. The van der Waals surface area contributed by atoms with Crippen molar-refractivity contribution in [1.29, 1.82) is 0 Å². The van der Waals surface area contributed by atoms with Crippen LogP contribution in [0.2, 0.25) is 0 Å². The Labute approximate surface area is 121 Å². The van der Waals surface area contributed by atoms with E-state index in [-0.39, 0.29) is 0 Å². The summed E-state index contributed by atoms with van der Waals surface area (Å²) in [7, 11) is 0. The van der Waals surface area contributed by atoms with Crippen molar-refractivity contribution >= 4 is 39.3 Å². The van der Waals surface area contributed by atoms with Gasteiger partial charge in [-0.15, -0.1) is 11.8 Å². The Morgan fingerprint density at radius 1 is 1.30 bits per heavy atom. The molecule has 0 unspecified atom stereocenters. The molecular formula is C17H14N2S. The zero-order valence-corrected chi connectivity index (χ0v) is 12.1. The van der Waals surface area contributed by atoms with Crippen molar-refractivity contribution in [3.8, 4) is 0 Å². The lowest BCUT2D eigenvalue weighted by Gasteiger charge is -2.22. The summed E-state index contributed by atoms with van der Waals surface area (Å²) in [5.74, 6) is 0.916. The summed E-state index contributed by atoms with van der Waals surface area (Å²) >= 11 is 1.80. The Balaban J connectivity index is 2.37. The van der Waals surface area contributed by atoms with Crippen LogP contribution in [0.1, 0.15) is 18.2 Å². The Morgan fingerprint density at radius 3 is 2.80 bits per heavy atom. The molecule has 0 bridgehead atoms. The van der Waals surface area contributed by atoms with Crippen molar-refractivity contribution < 1.29 is 0 Å². The van der Waals surface area contributed by atoms with E-state index in [1.165, 1.54) is 27.1 Å². The number of nitrogens with zero attached hydrogens (tertiary/aromatic N) is 2. The van der Waals surface area contributed by atoms with Gasteiger partial charge in [0.25, 0.3) is 0 Å². The summed E-state index contributed by atoms with van der Waals surface area (Å²) in [5.41, 5.74) is 5.62. The van der Waals surface area contributed by atoms with Gasteiger partial charge in [0, 0.05) is 16.7 Å². The van der Waals surface area contributed by atoms with Gasteiger partial charge in [0.15, 0.2) is 0 Å². The minimum Gasteiger partial charge on any atom is -0.286 e. The molecule has 0 radical (unpaired) electrons. The average Bonchev–Trinajstić information content (AvgIpc) is 2.87. The number of rotatable bonds is 1. The molecule has 0 spiro atoms.